The van der Waals surface area contributed by atoms with Crippen LogP contribution in [0, 0.1) is 0 Å². The first-order chi connectivity index (χ1) is 14.8. The van der Waals surface area contributed by atoms with Crippen molar-refractivity contribution in [2.24, 2.45) is 0 Å². The van der Waals surface area contributed by atoms with Crippen LogP contribution >= 0.6 is 23.9 Å². The van der Waals surface area contributed by atoms with Crippen molar-refractivity contribution in [3.63, 3.8) is 0 Å². The minimum absolute atomic E-state index is 0. The smallest absolute Gasteiger partial charge is 0.261 e. The first-order valence-electron chi connectivity index (χ1n) is 10.6. The van der Waals surface area contributed by atoms with Crippen LogP contribution in [-0.4, -0.2) is 51.5 Å². The first-order valence-corrected chi connectivity index (χ1v) is 11.3. The third kappa shape index (κ3) is 4.59. The van der Waals surface area contributed by atoms with Crippen LogP contribution in [0.5, 0.6) is 0 Å². The summed E-state index contributed by atoms with van der Waals surface area (Å²) in [5.41, 5.74) is 1.93. The number of rotatable bonds is 6. The van der Waals surface area contributed by atoms with Crippen LogP contribution in [0.25, 0.3) is 21.8 Å². The molecule has 5 rings (SSSR count). The SMILES string of the molecule is Cl.O=c1c2ccccc2ncn1CCCCN1CCN(c2snc3ccccc23)CC1. The number of benzene rings is 2. The molecule has 4 aromatic rings. The van der Waals surface area contributed by atoms with E-state index in [0.29, 0.717) is 5.39 Å². The molecule has 8 heteroatoms. The van der Waals surface area contributed by atoms with Gasteiger partial charge in [-0.3, -0.25) is 14.3 Å². The quantitative estimate of drug-likeness (QED) is 0.411. The lowest BCUT2D eigenvalue weighted by Gasteiger charge is -2.35. The summed E-state index contributed by atoms with van der Waals surface area (Å²) in [6.07, 6.45) is 3.76. The molecule has 0 N–H and O–H groups in total. The summed E-state index contributed by atoms with van der Waals surface area (Å²) in [4.78, 5) is 22.0. The molecule has 162 valence electrons. The van der Waals surface area contributed by atoms with Crippen LogP contribution in [0.4, 0.5) is 5.00 Å². The zero-order valence-electron chi connectivity index (χ0n) is 17.3. The minimum Gasteiger partial charge on any atom is -0.359 e. The van der Waals surface area contributed by atoms with Gasteiger partial charge in [0.1, 0.15) is 5.00 Å². The molecular formula is C23H26ClN5OS. The molecule has 0 radical (unpaired) electrons. The summed E-state index contributed by atoms with van der Waals surface area (Å²) in [5, 5.41) is 3.27. The molecule has 1 saturated heterocycles. The Morgan fingerprint density at radius 3 is 2.32 bits per heavy atom. The van der Waals surface area contributed by atoms with Gasteiger partial charge in [0.05, 0.1) is 22.7 Å². The predicted octanol–water partition coefficient (Wildman–Crippen LogP) is 4.03. The Hall–Kier alpha value is -2.48. The van der Waals surface area contributed by atoms with Crippen molar-refractivity contribution in [2.45, 2.75) is 19.4 Å². The molecule has 0 spiro atoms. The van der Waals surface area contributed by atoms with Crippen LogP contribution in [0.1, 0.15) is 12.8 Å². The number of fused-ring (bicyclic) bond motifs is 2. The lowest BCUT2D eigenvalue weighted by atomic mass is 10.2. The number of aromatic nitrogens is 3. The van der Waals surface area contributed by atoms with Crippen molar-refractivity contribution in [2.75, 3.05) is 37.6 Å². The first kappa shape index (κ1) is 21.7. The molecule has 6 nitrogen and oxygen atoms in total. The molecule has 0 bridgehead atoms. The Morgan fingerprint density at radius 1 is 0.839 bits per heavy atom. The second-order valence-electron chi connectivity index (χ2n) is 7.80. The normalized spacial score (nSPS) is 14.8. The predicted molar refractivity (Wildman–Crippen MR) is 131 cm³/mol. The number of para-hydroxylation sites is 1. The highest BCUT2D eigenvalue weighted by Gasteiger charge is 2.20. The van der Waals surface area contributed by atoms with Crippen LogP contribution < -0.4 is 10.5 Å². The molecule has 0 saturated carbocycles. The van der Waals surface area contributed by atoms with Gasteiger partial charge < -0.3 is 4.90 Å². The zero-order chi connectivity index (χ0) is 20.3. The molecule has 1 aliphatic heterocycles. The van der Waals surface area contributed by atoms with E-state index in [9.17, 15) is 4.79 Å². The van der Waals surface area contributed by atoms with Gasteiger partial charge in [0.2, 0.25) is 0 Å². The highest BCUT2D eigenvalue weighted by molar-refractivity contribution is 7.11. The van der Waals surface area contributed by atoms with Crippen molar-refractivity contribution < 1.29 is 0 Å². The maximum atomic E-state index is 12.6. The van der Waals surface area contributed by atoms with Crippen molar-refractivity contribution in [3.8, 4) is 0 Å². The van der Waals surface area contributed by atoms with E-state index in [1.165, 1.54) is 10.4 Å². The van der Waals surface area contributed by atoms with Crippen molar-refractivity contribution in [1.29, 1.82) is 0 Å². The van der Waals surface area contributed by atoms with Gasteiger partial charge >= 0.3 is 0 Å². The maximum absolute atomic E-state index is 12.6. The van der Waals surface area contributed by atoms with Gasteiger partial charge in [-0.1, -0.05) is 24.3 Å². The fourth-order valence-electron chi connectivity index (χ4n) is 4.16. The highest BCUT2D eigenvalue weighted by Crippen LogP contribution is 2.31. The molecule has 0 aliphatic carbocycles. The van der Waals surface area contributed by atoms with Gasteiger partial charge in [0.25, 0.3) is 5.56 Å². The second kappa shape index (κ2) is 9.77. The van der Waals surface area contributed by atoms with Gasteiger partial charge in [0.15, 0.2) is 0 Å². The number of halogens is 1. The standard InChI is InChI=1S/C23H25N5OS.ClH/c29-22-18-7-1-3-9-20(18)24-17-28(22)12-6-5-11-26-13-15-27(16-14-26)23-19-8-2-4-10-21(19)25-30-23;/h1-4,7-10,17H,5-6,11-16H2;1H. The number of aryl methyl sites for hydroxylation is 1. The van der Waals surface area contributed by atoms with E-state index in [1.54, 1.807) is 22.4 Å². The topological polar surface area (TPSA) is 54.3 Å². The van der Waals surface area contributed by atoms with Gasteiger partial charge in [-0.2, -0.15) is 4.37 Å². The largest absolute Gasteiger partial charge is 0.359 e. The molecule has 2 aromatic carbocycles. The Morgan fingerprint density at radius 2 is 1.52 bits per heavy atom. The molecule has 31 heavy (non-hydrogen) atoms. The molecule has 1 aliphatic rings. The number of nitrogens with zero attached hydrogens (tertiary/aromatic N) is 5. The van der Waals surface area contributed by atoms with Crippen LogP contribution in [-0.2, 0) is 6.54 Å². The van der Waals surface area contributed by atoms with E-state index in [1.807, 2.05) is 30.3 Å². The lowest BCUT2D eigenvalue weighted by molar-refractivity contribution is 0.251. The van der Waals surface area contributed by atoms with Crippen molar-refractivity contribution in [3.05, 3.63) is 65.2 Å². The minimum atomic E-state index is 0. The Kier molecular flexibility index (Phi) is 6.85. The van der Waals surface area contributed by atoms with Crippen molar-refractivity contribution >= 4 is 50.7 Å². The molecule has 0 unspecified atom stereocenters. The van der Waals surface area contributed by atoms with Gasteiger partial charge in [-0.15, -0.1) is 12.4 Å². The summed E-state index contributed by atoms with van der Waals surface area (Å²) >= 11 is 1.61. The third-order valence-electron chi connectivity index (χ3n) is 5.88. The lowest BCUT2D eigenvalue weighted by Crippen LogP contribution is -2.46. The van der Waals surface area contributed by atoms with E-state index < -0.39 is 0 Å². The average molecular weight is 456 g/mol. The van der Waals surface area contributed by atoms with Gasteiger partial charge in [-0.25, -0.2) is 4.98 Å². The van der Waals surface area contributed by atoms with E-state index in [2.05, 4.69) is 37.4 Å². The number of hydrogen-bond donors (Lipinski definition) is 0. The summed E-state index contributed by atoms with van der Waals surface area (Å²) in [7, 11) is 0. The fraction of sp³-hybridized carbons (Fsp3) is 0.348. The number of anilines is 1. The maximum Gasteiger partial charge on any atom is 0.261 e. The monoisotopic (exact) mass is 455 g/mol. The second-order valence-corrected chi connectivity index (χ2v) is 8.55. The fourth-order valence-corrected chi connectivity index (χ4v) is 5.07. The molecular weight excluding hydrogens is 430 g/mol. The van der Waals surface area contributed by atoms with E-state index in [-0.39, 0.29) is 18.0 Å². The van der Waals surface area contributed by atoms with Gasteiger partial charge in [0, 0.05) is 38.1 Å². The molecule has 1 fully saturated rings. The number of piperazine rings is 1. The van der Waals surface area contributed by atoms with Crippen molar-refractivity contribution in [1.82, 2.24) is 18.8 Å². The Balaban J connectivity index is 0.00000231. The van der Waals surface area contributed by atoms with E-state index in [0.717, 1.165) is 63.1 Å². The zero-order valence-corrected chi connectivity index (χ0v) is 18.9. The van der Waals surface area contributed by atoms with Crippen LogP contribution in [0.15, 0.2) is 59.7 Å². The van der Waals surface area contributed by atoms with Crippen LogP contribution in [0.2, 0.25) is 0 Å². The summed E-state index contributed by atoms with van der Waals surface area (Å²) < 4.78 is 6.33. The summed E-state index contributed by atoms with van der Waals surface area (Å²) in [6.45, 7) is 6.03. The van der Waals surface area contributed by atoms with E-state index in [4.69, 9.17) is 0 Å². The summed E-state index contributed by atoms with van der Waals surface area (Å²) in [5.74, 6) is 0. The van der Waals surface area contributed by atoms with E-state index >= 15 is 0 Å². The molecule has 0 amide bonds. The highest BCUT2D eigenvalue weighted by atomic mass is 35.5. The van der Waals surface area contributed by atoms with Gasteiger partial charge in [-0.05, 0) is 55.2 Å². The molecule has 2 aromatic heterocycles. The number of unbranched alkanes of at least 4 members (excludes halogenated alkanes) is 1. The average Bonchev–Trinajstić information content (AvgIpc) is 3.23. The Bertz CT molecular complexity index is 1220. The number of hydrogen-bond acceptors (Lipinski definition) is 6. The van der Waals surface area contributed by atoms with Crippen LogP contribution in [0.3, 0.4) is 0 Å². The molecule has 3 heterocycles. The third-order valence-corrected chi connectivity index (χ3v) is 6.82. The summed E-state index contributed by atoms with van der Waals surface area (Å²) in [6, 6.07) is 15.9. The molecule has 0 atom stereocenters. The Labute approximate surface area is 191 Å².